The topological polar surface area (TPSA) is 73.8 Å². The van der Waals surface area contributed by atoms with Gasteiger partial charge in [-0.15, -0.1) is 24.0 Å². The van der Waals surface area contributed by atoms with E-state index in [0.29, 0.717) is 38.3 Å². The molecule has 2 fully saturated rings. The Hall–Kier alpha value is -1.01. The van der Waals surface area contributed by atoms with E-state index in [1.165, 1.54) is 22.5 Å². The van der Waals surface area contributed by atoms with E-state index in [1.807, 2.05) is 0 Å². The second-order valence-corrected chi connectivity index (χ2v) is 9.28. The summed E-state index contributed by atoms with van der Waals surface area (Å²) < 4.78 is 53.2. The Kier molecular flexibility index (Phi) is 8.03. The smallest absolute Gasteiger partial charge is 0.213 e. The maximum Gasteiger partial charge on any atom is 0.213 e. The standard InChI is InChI=1S/C18H26F2N4O2S.HI/c1-3-27(25,26)24-9-7-12(8-10-24)22-18(21-2)23-16-11-13(16)17-14(19)5-4-6-15(17)20;/h4-6,12-13,16H,3,7-11H2,1-2H3,(H2,21,22,23);1H. The Morgan fingerprint density at radius 1 is 1.21 bits per heavy atom. The van der Waals surface area contributed by atoms with E-state index in [-0.39, 0.29) is 53.3 Å². The second kappa shape index (κ2) is 9.66. The molecule has 0 spiro atoms. The van der Waals surface area contributed by atoms with Crippen LogP contribution in [-0.4, -0.2) is 56.7 Å². The molecule has 1 saturated carbocycles. The van der Waals surface area contributed by atoms with E-state index in [9.17, 15) is 17.2 Å². The lowest BCUT2D eigenvalue weighted by Gasteiger charge is -2.32. The zero-order chi connectivity index (χ0) is 19.6. The summed E-state index contributed by atoms with van der Waals surface area (Å²) >= 11 is 0. The van der Waals surface area contributed by atoms with E-state index in [0.717, 1.165) is 0 Å². The molecule has 0 amide bonds. The molecule has 0 aromatic heterocycles. The van der Waals surface area contributed by atoms with Crippen molar-refractivity contribution in [2.45, 2.75) is 44.2 Å². The predicted molar refractivity (Wildman–Crippen MR) is 117 cm³/mol. The lowest BCUT2D eigenvalue weighted by molar-refractivity contribution is 0.306. The van der Waals surface area contributed by atoms with Crippen LogP contribution in [0.25, 0.3) is 0 Å². The van der Waals surface area contributed by atoms with Gasteiger partial charge in [0.05, 0.1) is 5.75 Å². The van der Waals surface area contributed by atoms with Crippen molar-refractivity contribution in [3.63, 3.8) is 0 Å². The minimum atomic E-state index is -3.15. The highest BCUT2D eigenvalue weighted by Crippen LogP contribution is 2.43. The average molecular weight is 528 g/mol. The van der Waals surface area contributed by atoms with E-state index >= 15 is 0 Å². The summed E-state index contributed by atoms with van der Waals surface area (Å²) in [4.78, 5) is 4.19. The zero-order valence-electron chi connectivity index (χ0n) is 16.0. The number of piperidine rings is 1. The fourth-order valence-electron chi connectivity index (χ4n) is 3.54. The number of hydrogen-bond acceptors (Lipinski definition) is 3. The number of halogens is 3. The van der Waals surface area contributed by atoms with Crippen LogP contribution >= 0.6 is 24.0 Å². The van der Waals surface area contributed by atoms with Gasteiger partial charge in [0.2, 0.25) is 10.0 Å². The number of nitrogens with zero attached hydrogens (tertiary/aromatic N) is 2. The van der Waals surface area contributed by atoms with Crippen LogP contribution in [0.4, 0.5) is 8.78 Å². The Labute approximate surface area is 182 Å². The summed E-state index contributed by atoms with van der Waals surface area (Å²) in [5.74, 6) is -0.546. The van der Waals surface area contributed by atoms with Crippen LogP contribution in [-0.2, 0) is 10.0 Å². The van der Waals surface area contributed by atoms with Gasteiger partial charge in [-0.05, 0) is 38.3 Å². The van der Waals surface area contributed by atoms with Gasteiger partial charge < -0.3 is 10.6 Å². The number of guanidine groups is 1. The molecule has 2 atom stereocenters. The Morgan fingerprint density at radius 3 is 2.36 bits per heavy atom. The monoisotopic (exact) mass is 528 g/mol. The Bertz CT molecular complexity index is 794. The predicted octanol–water partition coefficient (Wildman–Crippen LogP) is 2.42. The molecule has 0 bridgehead atoms. The van der Waals surface area contributed by atoms with Crippen molar-refractivity contribution in [3.8, 4) is 0 Å². The number of sulfonamides is 1. The molecule has 6 nitrogen and oxygen atoms in total. The molecule has 158 valence electrons. The first-order valence-electron chi connectivity index (χ1n) is 9.27. The molecular formula is C18H27F2IN4O2S. The van der Waals surface area contributed by atoms with Crippen LogP contribution in [0.1, 0.15) is 37.7 Å². The molecule has 10 heteroatoms. The third-order valence-corrected chi connectivity index (χ3v) is 7.14. The molecule has 1 saturated heterocycles. The summed E-state index contributed by atoms with van der Waals surface area (Å²) in [6.07, 6.45) is 2.03. The maximum absolute atomic E-state index is 13.9. The quantitative estimate of drug-likeness (QED) is 0.350. The van der Waals surface area contributed by atoms with Crippen molar-refractivity contribution >= 4 is 40.0 Å². The molecule has 2 N–H and O–H groups in total. The first kappa shape index (κ1) is 23.3. The number of hydrogen-bond donors (Lipinski definition) is 2. The third-order valence-electron chi connectivity index (χ3n) is 5.26. The second-order valence-electron chi connectivity index (χ2n) is 7.02. The van der Waals surface area contributed by atoms with Crippen LogP contribution in [0.3, 0.4) is 0 Å². The number of rotatable bonds is 5. The molecule has 3 rings (SSSR count). The normalized spacial score (nSPS) is 23.8. The van der Waals surface area contributed by atoms with Gasteiger partial charge >= 0.3 is 0 Å². The lowest BCUT2D eigenvalue weighted by Crippen LogP contribution is -2.50. The van der Waals surface area contributed by atoms with Crippen molar-refractivity contribution in [1.82, 2.24) is 14.9 Å². The van der Waals surface area contributed by atoms with E-state index in [2.05, 4.69) is 15.6 Å². The highest BCUT2D eigenvalue weighted by molar-refractivity contribution is 14.0. The first-order chi connectivity index (χ1) is 12.9. The van der Waals surface area contributed by atoms with E-state index in [1.54, 1.807) is 14.0 Å². The third kappa shape index (κ3) is 5.32. The van der Waals surface area contributed by atoms with Crippen molar-refractivity contribution in [3.05, 3.63) is 35.4 Å². The van der Waals surface area contributed by atoms with Crippen LogP contribution in [0, 0.1) is 11.6 Å². The summed E-state index contributed by atoms with van der Waals surface area (Å²) in [5.41, 5.74) is 0.128. The summed E-state index contributed by atoms with van der Waals surface area (Å²) in [5, 5.41) is 6.52. The van der Waals surface area contributed by atoms with Crippen molar-refractivity contribution in [2.75, 3.05) is 25.9 Å². The van der Waals surface area contributed by atoms with Gasteiger partial charge in [-0.25, -0.2) is 21.5 Å². The molecule has 1 aliphatic carbocycles. The van der Waals surface area contributed by atoms with E-state index < -0.39 is 21.7 Å². The average Bonchev–Trinajstić information content (AvgIpc) is 3.40. The summed E-state index contributed by atoms with van der Waals surface area (Å²) in [6.45, 7) is 2.62. The fourth-order valence-corrected chi connectivity index (χ4v) is 4.67. The molecule has 1 aliphatic heterocycles. The van der Waals surface area contributed by atoms with Gasteiger partial charge in [-0.1, -0.05) is 6.07 Å². The van der Waals surface area contributed by atoms with Crippen LogP contribution in [0.15, 0.2) is 23.2 Å². The van der Waals surface area contributed by atoms with Crippen LogP contribution in [0.2, 0.25) is 0 Å². The lowest BCUT2D eigenvalue weighted by atomic mass is 10.1. The van der Waals surface area contributed by atoms with Gasteiger partial charge in [0, 0.05) is 43.7 Å². The van der Waals surface area contributed by atoms with Gasteiger partial charge in [0.1, 0.15) is 11.6 Å². The molecule has 2 aliphatic rings. The molecule has 1 aromatic carbocycles. The summed E-state index contributed by atoms with van der Waals surface area (Å²) in [6, 6.07) is 3.97. The molecule has 1 heterocycles. The molecule has 0 radical (unpaired) electrons. The minimum Gasteiger partial charge on any atom is -0.354 e. The number of nitrogens with one attached hydrogen (secondary N) is 2. The van der Waals surface area contributed by atoms with Crippen molar-refractivity contribution < 1.29 is 17.2 Å². The van der Waals surface area contributed by atoms with Gasteiger partial charge in [-0.3, -0.25) is 4.99 Å². The minimum absolute atomic E-state index is 0. The maximum atomic E-state index is 13.9. The van der Waals surface area contributed by atoms with Gasteiger partial charge in [0.15, 0.2) is 5.96 Å². The SMILES string of the molecule is CCS(=O)(=O)N1CCC(NC(=NC)NC2CC2c2c(F)cccc2F)CC1.I. The fraction of sp³-hybridized carbons (Fsp3) is 0.611. The first-order valence-corrected chi connectivity index (χ1v) is 10.9. The van der Waals surface area contributed by atoms with Crippen LogP contribution in [0.5, 0.6) is 0 Å². The highest BCUT2D eigenvalue weighted by atomic mass is 127. The largest absolute Gasteiger partial charge is 0.354 e. The number of benzene rings is 1. The number of aliphatic imine (C=N–C) groups is 1. The molecular weight excluding hydrogens is 501 g/mol. The van der Waals surface area contributed by atoms with Gasteiger partial charge in [-0.2, -0.15) is 0 Å². The van der Waals surface area contributed by atoms with Gasteiger partial charge in [0.25, 0.3) is 0 Å². The molecule has 28 heavy (non-hydrogen) atoms. The summed E-state index contributed by atoms with van der Waals surface area (Å²) in [7, 11) is -1.50. The Balaban J connectivity index is 0.00000280. The Morgan fingerprint density at radius 2 is 1.82 bits per heavy atom. The molecule has 2 unspecified atom stereocenters. The van der Waals surface area contributed by atoms with E-state index in [4.69, 9.17) is 0 Å². The molecule has 1 aromatic rings. The van der Waals surface area contributed by atoms with Crippen molar-refractivity contribution in [1.29, 1.82) is 0 Å². The zero-order valence-corrected chi connectivity index (χ0v) is 19.1. The van der Waals surface area contributed by atoms with Crippen LogP contribution < -0.4 is 10.6 Å². The van der Waals surface area contributed by atoms with Crippen molar-refractivity contribution in [2.24, 2.45) is 4.99 Å². The highest BCUT2D eigenvalue weighted by Gasteiger charge is 2.42.